The number of nitrogens with zero attached hydrogens (tertiary/aromatic N) is 3. The van der Waals surface area contributed by atoms with Crippen molar-refractivity contribution < 1.29 is 9.72 Å². The highest BCUT2D eigenvalue weighted by Gasteiger charge is 2.17. The third-order valence-corrected chi connectivity index (χ3v) is 3.31. The first kappa shape index (κ1) is 19.6. The van der Waals surface area contributed by atoms with E-state index >= 15 is 0 Å². The quantitative estimate of drug-likeness (QED) is 0.607. The van der Waals surface area contributed by atoms with Gasteiger partial charge in [0.2, 0.25) is 0 Å². The van der Waals surface area contributed by atoms with E-state index in [0.717, 1.165) is 0 Å². The first-order valence-electron chi connectivity index (χ1n) is 7.20. The number of carbonyl (C=O) groups excluding carboxylic acids is 1. The highest BCUT2D eigenvalue weighted by molar-refractivity contribution is 5.99. The number of hydrogen-bond acceptors (Lipinski definition) is 5. The summed E-state index contributed by atoms with van der Waals surface area (Å²) in [6.45, 7) is 2.35. The van der Waals surface area contributed by atoms with Gasteiger partial charge in [0, 0.05) is 43.5 Å². The molecule has 8 nitrogen and oxygen atoms in total. The van der Waals surface area contributed by atoms with Crippen LogP contribution in [0.15, 0.2) is 30.5 Å². The highest BCUT2D eigenvalue weighted by Crippen LogP contribution is 2.24. The molecule has 1 unspecified atom stereocenters. The van der Waals surface area contributed by atoms with Crippen molar-refractivity contribution in [2.24, 2.45) is 12.8 Å². The van der Waals surface area contributed by atoms with Crippen molar-refractivity contribution in [2.45, 2.75) is 19.4 Å². The van der Waals surface area contributed by atoms with Crippen LogP contribution >= 0.6 is 12.4 Å². The molecule has 0 radical (unpaired) electrons. The largest absolute Gasteiger partial charge is 0.352 e. The number of amides is 1. The van der Waals surface area contributed by atoms with Crippen molar-refractivity contribution >= 4 is 24.0 Å². The predicted octanol–water partition coefficient (Wildman–Crippen LogP) is 1.88. The maximum atomic E-state index is 12.3. The molecule has 130 valence electrons. The number of aromatic nitrogens is 2. The fourth-order valence-corrected chi connectivity index (χ4v) is 2.12. The zero-order valence-corrected chi connectivity index (χ0v) is 14.2. The van der Waals surface area contributed by atoms with E-state index < -0.39 is 4.92 Å². The first-order valence-corrected chi connectivity index (χ1v) is 7.20. The van der Waals surface area contributed by atoms with Gasteiger partial charge in [0.25, 0.3) is 11.6 Å². The fourth-order valence-electron chi connectivity index (χ4n) is 2.12. The average molecular weight is 354 g/mol. The lowest BCUT2D eigenvalue weighted by Crippen LogP contribution is -2.29. The molecule has 1 aromatic heterocycles. The summed E-state index contributed by atoms with van der Waals surface area (Å²) in [6, 6.07) is 5.96. The maximum absolute atomic E-state index is 12.3. The van der Waals surface area contributed by atoms with E-state index in [1.54, 1.807) is 25.4 Å². The number of rotatable bonds is 6. The summed E-state index contributed by atoms with van der Waals surface area (Å²) >= 11 is 0. The molecule has 0 aliphatic rings. The lowest BCUT2D eigenvalue weighted by Gasteiger charge is -2.07. The number of non-ortho nitro benzene ring substituents is 1. The van der Waals surface area contributed by atoms with Gasteiger partial charge in [-0.1, -0.05) is 0 Å². The lowest BCUT2D eigenvalue weighted by molar-refractivity contribution is -0.384. The number of aryl methyl sites for hydroxylation is 1. The molecular formula is C15H20ClN5O3. The third kappa shape index (κ3) is 4.77. The Morgan fingerprint density at radius 2 is 2.04 bits per heavy atom. The van der Waals surface area contributed by atoms with Crippen LogP contribution in [0.1, 0.15) is 23.7 Å². The molecule has 0 spiro atoms. The van der Waals surface area contributed by atoms with Crippen molar-refractivity contribution in [3.05, 3.63) is 46.1 Å². The van der Waals surface area contributed by atoms with Crippen LogP contribution in [0.4, 0.5) is 5.69 Å². The van der Waals surface area contributed by atoms with Crippen molar-refractivity contribution in [3.63, 3.8) is 0 Å². The van der Waals surface area contributed by atoms with Gasteiger partial charge in [0.15, 0.2) is 0 Å². The predicted molar refractivity (Wildman–Crippen MR) is 93.1 cm³/mol. The van der Waals surface area contributed by atoms with E-state index in [9.17, 15) is 14.9 Å². The molecule has 0 aliphatic carbocycles. The van der Waals surface area contributed by atoms with Crippen LogP contribution in [0.2, 0.25) is 0 Å². The second kappa shape index (κ2) is 8.42. The number of halogens is 1. The molecule has 24 heavy (non-hydrogen) atoms. The van der Waals surface area contributed by atoms with Crippen molar-refractivity contribution in [3.8, 4) is 11.3 Å². The van der Waals surface area contributed by atoms with E-state index in [4.69, 9.17) is 5.73 Å². The molecule has 1 atom stereocenters. The minimum absolute atomic E-state index is 0. The molecule has 1 aromatic carbocycles. The number of nitrogens with one attached hydrogen (secondary N) is 1. The van der Waals surface area contributed by atoms with Gasteiger partial charge in [-0.2, -0.15) is 5.10 Å². The molecule has 0 saturated carbocycles. The van der Waals surface area contributed by atoms with Crippen LogP contribution in [-0.4, -0.2) is 33.2 Å². The van der Waals surface area contributed by atoms with Gasteiger partial charge < -0.3 is 11.1 Å². The zero-order valence-electron chi connectivity index (χ0n) is 13.4. The molecule has 3 N–H and O–H groups in total. The molecular weight excluding hydrogens is 334 g/mol. The molecule has 0 fully saturated rings. The number of benzene rings is 1. The van der Waals surface area contributed by atoms with Gasteiger partial charge >= 0.3 is 0 Å². The summed E-state index contributed by atoms with van der Waals surface area (Å²) in [5.74, 6) is -0.243. The van der Waals surface area contributed by atoms with Crippen molar-refractivity contribution in [1.82, 2.24) is 15.1 Å². The van der Waals surface area contributed by atoms with Crippen LogP contribution in [-0.2, 0) is 7.05 Å². The van der Waals surface area contributed by atoms with E-state index in [1.165, 1.54) is 16.8 Å². The second-order valence-corrected chi connectivity index (χ2v) is 5.39. The van der Waals surface area contributed by atoms with Crippen molar-refractivity contribution in [1.29, 1.82) is 0 Å². The standard InChI is InChI=1S/C15H19N5O3.ClH/c1-10(16)7-8-17-15(21)13-9-19(2)18-14(13)11-3-5-12(6-4-11)20(22)23;/h3-6,9-10H,7-8,16H2,1-2H3,(H,17,21);1H. The topological polar surface area (TPSA) is 116 Å². The number of hydrogen-bond donors (Lipinski definition) is 2. The average Bonchev–Trinajstić information content (AvgIpc) is 2.89. The highest BCUT2D eigenvalue weighted by atomic mass is 35.5. The first-order chi connectivity index (χ1) is 10.9. The Morgan fingerprint density at radius 1 is 1.42 bits per heavy atom. The van der Waals surface area contributed by atoms with Gasteiger partial charge in [-0.05, 0) is 25.5 Å². The van der Waals surface area contributed by atoms with Gasteiger partial charge in [-0.3, -0.25) is 19.6 Å². The molecule has 0 saturated heterocycles. The Balaban J connectivity index is 0.00000288. The monoisotopic (exact) mass is 353 g/mol. The molecule has 0 aliphatic heterocycles. The SMILES string of the molecule is CC(N)CCNC(=O)c1cn(C)nc1-c1ccc([N+](=O)[O-])cc1.Cl. The third-order valence-electron chi connectivity index (χ3n) is 3.31. The maximum Gasteiger partial charge on any atom is 0.269 e. The molecule has 2 aromatic rings. The van der Waals surface area contributed by atoms with Crippen LogP contribution < -0.4 is 11.1 Å². The summed E-state index contributed by atoms with van der Waals surface area (Å²) < 4.78 is 1.54. The number of nitro groups is 1. The smallest absolute Gasteiger partial charge is 0.269 e. The fraction of sp³-hybridized carbons (Fsp3) is 0.333. The van der Waals surface area contributed by atoms with E-state index in [0.29, 0.717) is 29.8 Å². The van der Waals surface area contributed by atoms with Gasteiger partial charge in [-0.15, -0.1) is 12.4 Å². The summed E-state index contributed by atoms with van der Waals surface area (Å²) in [6.07, 6.45) is 2.30. The van der Waals surface area contributed by atoms with Gasteiger partial charge in [-0.25, -0.2) is 0 Å². The molecule has 9 heteroatoms. The van der Waals surface area contributed by atoms with Crippen LogP contribution in [0.5, 0.6) is 0 Å². The Bertz CT molecular complexity index is 712. The summed E-state index contributed by atoms with van der Waals surface area (Å²) in [4.78, 5) is 22.5. The minimum atomic E-state index is -0.468. The second-order valence-electron chi connectivity index (χ2n) is 5.39. The van der Waals surface area contributed by atoms with Crippen LogP contribution in [0.25, 0.3) is 11.3 Å². The zero-order chi connectivity index (χ0) is 17.0. The number of nitrogens with two attached hydrogens (primary N) is 1. The number of carbonyl (C=O) groups is 1. The van der Waals surface area contributed by atoms with Crippen LogP contribution in [0.3, 0.4) is 0 Å². The lowest BCUT2D eigenvalue weighted by atomic mass is 10.1. The van der Waals surface area contributed by atoms with Crippen LogP contribution in [0, 0.1) is 10.1 Å². The summed E-state index contributed by atoms with van der Waals surface area (Å²) in [5, 5.41) is 17.8. The van der Waals surface area contributed by atoms with Gasteiger partial charge in [0.05, 0.1) is 10.5 Å². The Labute approximate surface area is 145 Å². The minimum Gasteiger partial charge on any atom is -0.352 e. The number of nitro benzene ring substituents is 1. The van der Waals surface area contributed by atoms with Gasteiger partial charge in [0.1, 0.15) is 5.69 Å². The van der Waals surface area contributed by atoms with Crippen molar-refractivity contribution in [2.75, 3.05) is 6.54 Å². The summed E-state index contributed by atoms with van der Waals surface area (Å²) in [7, 11) is 1.72. The molecule has 2 rings (SSSR count). The molecule has 0 bridgehead atoms. The molecule has 1 amide bonds. The normalized spacial score (nSPS) is 11.5. The van der Waals surface area contributed by atoms with E-state index in [2.05, 4.69) is 10.4 Å². The van der Waals surface area contributed by atoms with E-state index in [-0.39, 0.29) is 30.0 Å². The Kier molecular flexibility index (Phi) is 6.87. The Morgan fingerprint density at radius 3 is 2.58 bits per heavy atom. The Hall–Kier alpha value is -2.45. The molecule has 1 heterocycles. The van der Waals surface area contributed by atoms with E-state index in [1.807, 2.05) is 6.92 Å². The summed E-state index contributed by atoms with van der Waals surface area (Å²) in [5.41, 5.74) is 7.21.